The summed E-state index contributed by atoms with van der Waals surface area (Å²) in [5, 5.41) is 9.86. The first-order valence-electron chi connectivity index (χ1n) is 8.61. The van der Waals surface area contributed by atoms with Crippen molar-refractivity contribution in [1.82, 2.24) is 20.0 Å². The first-order chi connectivity index (χ1) is 12.6. The van der Waals surface area contributed by atoms with Crippen LogP contribution in [-0.2, 0) is 22.7 Å². The van der Waals surface area contributed by atoms with Crippen molar-refractivity contribution in [3.63, 3.8) is 0 Å². The molecule has 0 saturated carbocycles. The van der Waals surface area contributed by atoms with Gasteiger partial charge in [-0.3, -0.25) is 19.1 Å². The third-order valence-electron chi connectivity index (χ3n) is 4.67. The zero-order valence-corrected chi connectivity index (χ0v) is 14.1. The molecular weight excluding hydrogens is 334 g/mol. The van der Waals surface area contributed by atoms with Crippen molar-refractivity contribution in [3.8, 4) is 0 Å². The highest BCUT2D eigenvalue weighted by Crippen LogP contribution is 2.18. The van der Waals surface area contributed by atoms with Crippen LogP contribution in [0.3, 0.4) is 0 Å². The Balaban J connectivity index is 1.44. The molecule has 1 fully saturated rings. The van der Waals surface area contributed by atoms with E-state index in [1.54, 1.807) is 15.6 Å². The van der Waals surface area contributed by atoms with Crippen LogP contribution < -0.4 is 10.6 Å². The molecule has 2 N–H and O–H groups in total. The first-order valence-corrected chi connectivity index (χ1v) is 8.61. The Morgan fingerprint density at radius 1 is 1.19 bits per heavy atom. The van der Waals surface area contributed by atoms with Gasteiger partial charge in [0.25, 0.3) is 5.91 Å². The lowest BCUT2D eigenvalue weighted by Gasteiger charge is -2.29. The van der Waals surface area contributed by atoms with Crippen molar-refractivity contribution in [3.05, 3.63) is 47.8 Å². The topological polar surface area (TPSA) is 96.3 Å². The monoisotopic (exact) mass is 353 g/mol. The largest absolute Gasteiger partial charge is 0.344 e. The fraction of sp³-hybridized carbons (Fsp3) is 0.333. The van der Waals surface area contributed by atoms with Gasteiger partial charge in [0.2, 0.25) is 11.8 Å². The Bertz CT molecular complexity index is 861. The van der Waals surface area contributed by atoms with Gasteiger partial charge >= 0.3 is 0 Å². The van der Waals surface area contributed by atoms with E-state index in [0.717, 1.165) is 5.69 Å². The van der Waals surface area contributed by atoms with Crippen LogP contribution in [0.25, 0.3) is 0 Å². The van der Waals surface area contributed by atoms with Crippen LogP contribution in [-0.4, -0.2) is 45.0 Å². The number of benzene rings is 1. The number of anilines is 1. The third-order valence-corrected chi connectivity index (χ3v) is 4.67. The number of rotatable bonds is 3. The maximum Gasteiger partial charge on any atom is 0.276 e. The summed E-state index contributed by atoms with van der Waals surface area (Å²) in [7, 11) is 0. The van der Waals surface area contributed by atoms with E-state index in [4.69, 9.17) is 0 Å². The number of carbonyl (C=O) groups excluding carboxylic acids is 3. The second kappa shape index (κ2) is 6.62. The minimum atomic E-state index is -0.433. The van der Waals surface area contributed by atoms with E-state index in [0.29, 0.717) is 43.9 Å². The standard InChI is InChI=1S/C18H19N5O3/c24-16-7-6-14(20-16)18(26)22-8-9-23-13(11-22)10-15(21-23)17(25)19-12-4-2-1-3-5-12/h1-5,10,14H,6-9,11H2,(H,19,25)(H,20,24)/t14-/m1/s1. The van der Waals surface area contributed by atoms with Crippen LogP contribution in [0.5, 0.6) is 0 Å². The maximum atomic E-state index is 12.5. The number of nitrogens with zero attached hydrogens (tertiary/aromatic N) is 3. The molecule has 2 aromatic rings. The van der Waals surface area contributed by atoms with Crippen LogP contribution in [0.2, 0.25) is 0 Å². The lowest BCUT2D eigenvalue weighted by atomic mass is 10.2. The Hall–Kier alpha value is -3.16. The average Bonchev–Trinajstić information content (AvgIpc) is 3.27. The van der Waals surface area contributed by atoms with Crippen molar-refractivity contribution >= 4 is 23.4 Å². The van der Waals surface area contributed by atoms with Crippen molar-refractivity contribution in [2.45, 2.75) is 32.0 Å². The number of nitrogens with one attached hydrogen (secondary N) is 2. The van der Waals surface area contributed by atoms with Gasteiger partial charge in [-0.15, -0.1) is 0 Å². The molecule has 134 valence electrons. The molecule has 0 bridgehead atoms. The Labute approximate surface area is 150 Å². The van der Waals surface area contributed by atoms with E-state index in [9.17, 15) is 14.4 Å². The molecule has 0 aliphatic carbocycles. The van der Waals surface area contributed by atoms with Gasteiger partial charge in [0.15, 0.2) is 5.69 Å². The van der Waals surface area contributed by atoms with E-state index in [1.807, 2.05) is 30.3 Å². The summed E-state index contributed by atoms with van der Waals surface area (Å²) >= 11 is 0. The van der Waals surface area contributed by atoms with E-state index >= 15 is 0 Å². The molecule has 0 spiro atoms. The van der Waals surface area contributed by atoms with Crippen molar-refractivity contribution in [2.24, 2.45) is 0 Å². The molecular formula is C18H19N5O3. The third kappa shape index (κ3) is 3.17. The number of aromatic nitrogens is 2. The fourth-order valence-electron chi connectivity index (χ4n) is 3.30. The Morgan fingerprint density at radius 2 is 2.00 bits per heavy atom. The molecule has 1 atom stereocenters. The second-order valence-corrected chi connectivity index (χ2v) is 6.48. The van der Waals surface area contributed by atoms with E-state index in [-0.39, 0.29) is 17.7 Å². The van der Waals surface area contributed by atoms with E-state index < -0.39 is 6.04 Å². The number of amides is 3. The van der Waals surface area contributed by atoms with Gasteiger partial charge in [0, 0.05) is 18.7 Å². The zero-order chi connectivity index (χ0) is 18.1. The van der Waals surface area contributed by atoms with Crippen molar-refractivity contribution < 1.29 is 14.4 Å². The minimum Gasteiger partial charge on any atom is -0.344 e. The SMILES string of the molecule is O=C1CC[C@H](C(=O)N2CCn3nc(C(=O)Nc4ccccc4)cc3C2)N1. The molecule has 1 aromatic heterocycles. The molecule has 4 rings (SSSR count). The minimum absolute atomic E-state index is 0.0708. The molecule has 0 unspecified atom stereocenters. The summed E-state index contributed by atoms with van der Waals surface area (Å²) in [6.07, 6.45) is 0.935. The Morgan fingerprint density at radius 3 is 2.73 bits per heavy atom. The van der Waals surface area contributed by atoms with Gasteiger partial charge in [0.05, 0.1) is 18.8 Å². The first kappa shape index (κ1) is 16.3. The van der Waals surface area contributed by atoms with Crippen LogP contribution in [0.1, 0.15) is 29.0 Å². The number of fused-ring (bicyclic) bond motifs is 1. The molecule has 3 amide bonds. The highest BCUT2D eigenvalue weighted by atomic mass is 16.2. The zero-order valence-electron chi connectivity index (χ0n) is 14.1. The summed E-state index contributed by atoms with van der Waals surface area (Å²) in [6, 6.07) is 10.5. The maximum absolute atomic E-state index is 12.5. The lowest BCUT2D eigenvalue weighted by Crippen LogP contribution is -2.47. The molecule has 2 aliphatic rings. The predicted octanol–water partition coefficient (Wildman–Crippen LogP) is 0.756. The van der Waals surface area contributed by atoms with Gasteiger partial charge < -0.3 is 15.5 Å². The molecule has 26 heavy (non-hydrogen) atoms. The number of hydrogen-bond acceptors (Lipinski definition) is 4. The second-order valence-electron chi connectivity index (χ2n) is 6.48. The molecule has 8 heteroatoms. The van der Waals surface area contributed by atoms with Gasteiger partial charge in [-0.2, -0.15) is 5.10 Å². The average molecular weight is 353 g/mol. The number of carbonyl (C=O) groups is 3. The van der Waals surface area contributed by atoms with Crippen LogP contribution in [0.15, 0.2) is 36.4 Å². The molecule has 8 nitrogen and oxygen atoms in total. The van der Waals surface area contributed by atoms with E-state index in [2.05, 4.69) is 15.7 Å². The predicted molar refractivity (Wildman–Crippen MR) is 93.2 cm³/mol. The summed E-state index contributed by atoms with van der Waals surface area (Å²) in [5.74, 6) is -0.428. The molecule has 3 heterocycles. The quantitative estimate of drug-likeness (QED) is 0.851. The number of hydrogen-bond donors (Lipinski definition) is 2. The summed E-state index contributed by atoms with van der Waals surface area (Å²) < 4.78 is 1.76. The number of para-hydroxylation sites is 1. The van der Waals surface area contributed by atoms with Crippen LogP contribution in [0, 0.1) is 0 Å². The lowest BCUT2D eigenvalue weighted by molar-refractivity contribution is -0.135. The van der Waals surface area contributed by atoms with Crippen LogP contribution >= 0.6 is 0 Å². The normalized spacial score (nSPS) is 19.0. The molecule has 1 saturated heterocycles. The summed E-state index contributed by atoms with van der Waals surface area (Å²) in [6.45, 7) is 1.43. The van der Waals surface area contributed by atoms with Gasteiger partial charge in [-0.05, 0) is 24.6 Å². The van der Waals surface area contributed by atoms with E-state index in [1.165, 1.54) is 0 Å². The van der Waals surface area contributed by atoms with Crippen LogP contribution in [0.4, 0.5) is 5.69 Å². The van der Waals surface area contributed by atoms with Crippen molar-refractivity contribution in [2.75, 3.05) is 11.9 Å². The summed E-state index contributed by atoms with van der Waals surface area (Å²) in [4.78, 5) is 38.0. The Kier molecular flexibility index (Phi) is 4.16. The summed E-state index contributed by atoms with van der Waals surface area (Å²) in [5.41, 5.74) is 1.84. The van der Waals surface area contributed by atoms with Gasteiger partial charge in [-0.1, -0.05) is 18.2 Å². The smallest absolute Gasteiger partial charge is 0.276 e. The highest BCUT2D eigenvalue weighted by Gasteiger charge is 2.33. The highest BCUT2D eigenvalue weighted by molar-refractivity contribution is 6.02. The molecule has 0 radical (unpaired) electrons. The fourth-order valence-corrected chi connectivity index (χ4v) is 3.30. The van der Waals surface area contributed by atoms with Gasteiger partial charge in [0.1, 0.15) is 6.04 Å². The molecule has 1 aromatic carbocycles. The van der Waals surface area contributed by atoms with Gasteiger partial charge in [-0.25, -0.2) is 0 Å². The molecule has 2 aliphatic heterocycles. The van der Waals surface area contributed by atoms with Crippen molar-refractivity contribution in [1.29, 1.82) is 0 Å².